The van der Waals surface area contributed by atoms with Crippen molar-refractivity contribution in [2.24, 2.45) is 0 Å². The van der Waals surface area contributed by atoms with Gasteiger partial charge in [0.1, 0.15) is 0 Å². The molecule has 0 bridgehead atoms. The zero-order chi connectivity index (χ0) is 20.8. The second-order valence-corrected chi connectivity index (χ2v) is 7.94. The van der Waals surface area contributed by atoms with Crippen LogP contribution in [0.5, 0.6) is 0 Å². The normalized spacial score (nSPS) is 10.8. The number of benzene rings is 2. The third kappa shape index (κ3) is 5.24. The van der Waals surface area contributed by atoms with E-state index in [1.54, 1.807) is 0 Å². The lowest BCUT2D eigenvalue weighted by atomic mass is 10.00. The van der Waals surface area contributed by atoms with E-state index in [2.05, 4.69) is 53.4 Å². The van der Waals surface area contributed by atoms with E-state index in [1.165, 1.54) is 28.5 Å². The third-order valence-electron chi connectivity index (χ3n) is 5.03. The minimum absolute atomic E-state index is 0.114. The van der Waals surface area contributed by atoms with Gasteiger partial charge in [-0.2, -0.15) is 0 Å². The van der Waals surface area contributed by atoms with Crippen molar-refractivity contribution in [1.29, 1.82) is 0 Å². The monoisotopic (exact) mass is 405 g/mol. The molecule has 0 aliphatic heterocycles. The van der Waals surface area contributed by atoms with E-state index >= 15 is 0 Å². The molecule has 0 saturated carbocycles. The average Bonchev–Trinajstić information content (AvgIpc) is 2.73. The van der Waals surface area contributed by atoms with Crippen molar-refractivity contribution in [3.8, 4) is 11.3 Å². The van der Waals surface area contributed by atoms with Gasteiger partial charge in [0.25, 0.3) is 5.91 Å². The number of aromatic nitrogens is 2. The first-order valence-corrected chi connectivity index (χ1v) is 11.0. The van der Waals surface area contributed by atoms with Gasteiger partial charge in [0.05, 0.1) is 17.0 Å². The smallest absolute Gasteiger partial charge is 0.255 e. The molecule has 5 heteroatoms. The van der Waals surface area contributed by atoms with Gasteiger partial charge in [-0.25, -0.2) is 9.97 Å². The quantitative estimate of drug-likeness (QED) is 0.335. The van der Waals surface area contributed by atoms with Crippen molar-refractivity contribution in [2.75, 3.05) is 12.8 Å². The zero-order valence-electron chi connectivity index (χ0n) is 17.5. The van der Waals surface area contributed by atoms with E-state index in [9.17, 15) is 4.79 Å². The van der Waals surface area contributed by atoms with Crippen LogP contribution in [0.1, 0.15) is 39.2 Å². The first kappa shape index (κ1) is 21.1. The second-order valence-electron chi connectivity index (χ2n) is 7.16. The Morgan fingerprint density at radius 3 is 2.45 bits per heavy atom. The fraction of sp³-hybridized carbons (Fsp3) is 0.292. The molecular weight excluding hydrogens is 378 g/mol. The summed E-state index contributed by atoms with van der Waals surface area (Å²) in [6.45, 7) is 6.65. The summed E-state index contributed by atoms with van der Waals surface area (Å²) in [6.07, 6.45) is 3.77. The molecular formula is C24H27N3OS. The van der Waals surface area contributed by atoms with Crippen molar-refractivity contribution >= 4 is 17.7 Å². The van der Waals surface area contributed by atoms with Gasteiger partial charge < -0.3 is 5.32 Å². The van der Waals surface area contributed by atoms with Gasteiger partial charge in [0, 0.05) is 12.1 Å². The number of carbonyl (C=O) groups excluding carboxylic acids is 1. The Bertz CT molecular complexity index is 1000. The number of carbonyl (C=O) groups is 1. The van der Waals surface area contributed by atoms with E-state index in [0.29, 0.717) is 28.7 Å². The van der Waals surface area contributed by atoms with Crippen molar-refractivity contribution in [1.82, 2.24) is 15.3 Å². The van der Waals surface area contributed by atoms with Crippen LogP contribution in [0.2, 0.25) is 0 Å². The highest BCUT2D eigenvalue weighted by Crippen LogP contribution is 2.27. The summed E-state index contributed by atoms with van der Waals surface area (Å²) in [4.78, 5) is 22.2. The number of nitrogens with zero attached hydrogens (tertiary/aromatic N) is 2. The SMILES string of the molecule is CSc1nc(C)c(C(=O)NCCCc2ccccc2)c(-c2ccc(C)c(C)c2)n1. The highest BCUT2D eigenvalue weighted by molar-refractivity contribution is 7.98. The first-order valence-electron chi connectivity index (χ1n) is 9.82. The van der Waals surface area contributed by atoms with Crippen LogP contribution >= 0.6 is 11.8 Å². The van der Waals surface area contributed by atoms with Gasteiger partial charge in [-0.05, 0) is 62.6 Å². The molecule has 1 heterocycles. The van der Waals surface area contributed by atoms with Crippen LogP contribution in [0.25, 0.3) is 11.3 Å². The molecule has 0 saturated heterocycles. The maximum Gasteiger partial charge on any atom is 0.255 e. The number of amides is 1. The molecule has 1 aromatic heterocycles. The standard InChI is InChI=1S/C24H27N3OS/c1-16-12-13-20(15-17(16)2)22-21(18(3)26-24(27-22)29-4)23(28)25-14-8-11-19-9-6-5-7-10-19/h5-7,9-10,12-13,15H,8,11,14H2,1-4H3,(H,25,28). The highest BCUT2D eigenvalue weighted by Gasteiger charge is 2.20. The number of hydrogen-bond acceptors (Lipinski definition) is 4. The highest BCUT2D eigenvalue weighted by atomic mass is 32.2. The Morgan fingerprint density at radius 1 is 1.00 bits per heavy atom. The molecule has 4 nitrogen and oxygen atoms in total. The Balaban J connectivity index is 1.81. The third-order valence-corrected chi connectivity index (χ3v) is 5.58. The maximum atomic E-state index is 13.0. The number of thioether (sulfide) groups is 1. The maximum absolute atomic E-state index is 13.0. The molecule has 1 N–H and O–H groups in total. The van der Waals surface area contributed by atoms with Crippen molar-refractivity contribution < 1.29 is 4.79 Å². The van der Waals surface area contributed by atoms with Gasteiger partial charge >= 0.3 is 0 Å². The number of rotatable bonds is 7. The topological polar surface area (TPSA) is 54.9 Å². The number of aryl methyl sites for hydroxylation is 4. The summed E-state index contributed by atoms with van der Waals surface area (Å²) >= 11 is 1.48. The summed E-state index contributed by atoms with van der Waals surface area (Å²) in [5, 5.41) is 3.74. The van der Waals surface area contributed by atoms with Crippen LogP contribution in [0, 0.1) is 20.8 Å². The van der Waals surface area contributed by atoms with Gasteiger partial charge in [0.15, 0.2) is 5.16 Å². The number of nitrogens with one attached hydrogen (secondary N) is 1. The first-order chi connectivity index (χ1) is 14.0. The van der Waals surface area contributed by atoms with E-state index in [4.69, 9.17) is 0 Å². The summed E-state index contributed by atoms with van der Waals surface area (Å²) < 4.78 is 0. The Hall–Kier alpha value is -2.66. The zero-order valence-corrected chi connectivity index (χ0v) is 18.3. The van der Waals surface area contributed by atoms with E-state index in [-0.39, 0.29) is 5.91 Å². The van der Waals surface area contributed by atoms with Crippen molar-refractivity contribution in [3.05, 3.63) is 76.5 Å². The summed E-state index contributed by atoms with van der Waals surface area (Å²) in [6, 6.07) is 16.5. The molecule has 0 radical (unpaired) electrons. The van der Waals surface area contributed by atoms with Crippen LogP contribution in [0.15, 0.2) is 53.7 Å². The molecule has 3 rings (SSSR count). The van der Waals surface area contributed by atoms with Crippen LogP contribution in [0.3, 0.4) is 0 Å². The van der Waals surface area contributed by atoms with Crippen molar-refractivity contribution in [3.63, 3.8) is 0 Å². The van der Waals surface area contributed by atoms with E-state index < -0.39 is 0 Å². The molecule has 0 spiro atoms. The lowest BCUT2D eigenvalue weighted by Gasteiger charge is -2.14. The van der Waals surface area contributed by atoms with Gasteiger partial charge in [-0.3, -0.25) is 4.79 Å². The van der Waals surface area contributed by atoms with Crippen LogP contribution in [-0.4, -0.2) is 28.7 Å². The minimum atomic E-state index is -0.114. The predicted octanol–water partition coefficient (Wildman–Crippen LogP) is 5.15. The minimum Gasteiger partial charge on any atom is -0.352 e. The van der Waals surface area contributed by atoms with Crippen molar-refractivity contribution in [2.45, 2.75) is 38.8 Å². The van der Waals surface area contributed by atoms with E-state index in [1.807, 2.05) is 37.4 Å². The van der Waals surface area contributed by atoms with Crippen LogP contribution in [-0.2, 0) is 6.42 Å². The molecule has 150 valence electrons. The largest absolute Gasteiger partial charge is 0.352 e. The predicted molar refractivity (Wildman–Crippen MR) is 121 cm³/mol. The molecule has 3 aromatic rings. The molecule has 0 fully saturated rings. The molecule has 0 atom stereocenters. The van der Waals surface area contributed by atoms with Crippen LogP contribution in [0.4, 0.5) is 0 Å². The fourth-order valence-electron chi connectivity index (χ4n) is 3.24. The van der Waals surface area contributed by atoms with E-state index in [0.717, 1.165) is 18.4 Å². The van der Waals surface area contributed by atoms with Gasteiger partial charge in [0.2, 0.25) is 0 Å². The molecule has 29 heavy (non-hydrogen) atoms. The Morgan fingerprint density at radius 2 is 1.76 bits per heavy atom. The molecule has 0 aliphatic carbocycles. The molecule has 1 amide bonds. The molecule has 0 aliphatic rings. The lowest BCUT2D eigenvalue weighted by Crippen LogP contribution is -2.27. The summed E-state index contributed by atoms with van der Waals surface area (Å²) in [5.41, 5.74) is 6.59. The number of hydrogen-bond donors (Lipinski definition) is 1. The summed E-state index contributed by atoms with van der Waals surface area (Å²) in [5.74, 6) is -0.114. The van der Waals surface area contributed by atoms with Gasteiger partial charge in [-0.1, -0.05) is 54.2 Å². The van der Waals surface area contributed by atoms with Crippen LogP contribution < -0.4 is 5.32 Å². The Labute approximate surface area is 177 Å². The van der Waals surface area contributed by atoms with Gasteiger partial charge in [-0.15, -0.1) is 0 Å². The molecule has 0 unspecified atom stereocenters. The fourth-order valence-corrected chi connectivity index (χ4v) is 3.65. The molecule has 2 aromatic carbocycles. The lowest BCUT2D eigenvalue weighted by molar-refractivity contribution is 0.0952. The average molecular weight is 406 g/mol. The Kier molecular flexibility index (Phi) is 7.04. The second kappa shape index (κ2) is 9.70. The summed E-state index contributed by atoms with van der Waals surface area (Å²) in [7, 11) is 0.